The molecule has 8 nitrogen and oxygen atoms in total. The first-order valence-corrected chi connectivity index (χ1v) is 5.02. The normalized spacial score (nSPS) is 10.0. The first-order valence-electron chi connectivity index (χ1n) is 1.67. The summed E-state index contributed by atoms with van der Waals surface area (Å²) in [5, 5.41) is 0. The van der Waals surface area contributed by atoms with Gasteiger partial charge in [0.25, 0.3) is 0 Å². The van der Waals surface area contributed by atoms with Gasteiger partial charge in [0.05, 0.1) is 0 Å². The van der Waals surface area contributed by atoms with Crippen molar-refractivity contribution in [2.24, 2.45) is 0 Å². The Kier molecular flexibility index (Phi) is 20.6. The van der Waals surface area contributed by atoms with Gasteiger partial charge in [0, 0.05) is 0 Å². The number of hydrogen-bond donors (Lipinski definition) is 2. The summed E-state index contributed by atoms with van der Waals surface area (Å²) in [7, 11) is -10.7. The predicted octanol–water partition coefficient (Wildman–Crippen LogP) is -9.01. The van der Waals surface area contributed by atoms with Crippen molar-refractivity contribution in [3.8, 4) is 0 Å². The van der Waals surface area contributed by atoms with E-state index in [0.29, 0.717) is 0 Å². The molecule has 0 aliphatic heterocycles. The fraction of sp³-hybridized carbons (Fsp3) is 0. The maximum absolute atomic E-state index is 8.80. The van der Waals surface area contributed by atoms with E-state index in [0.717, 1.165) is 0 Å². The summed E-state index contributed by atoms with van der Waals surface area (Å²) in [6, 6.07) is 0. The van der Waals surface area contributed by atoms with E-state index in [9.17, 15) is 0 Å². The topological polar surface area (TPSA) is 179 Å². The molecule has 0 bridgehead atoms. The molecule has 2 N–H and O–H groups in total. The zero-order valence-electron chi connectivity index (χ0n) is 5.19. The Morgan fingerprint density at radius 3 is 0.750 bits per heavy atom. The van der Waals surface area contributed by atoms with Crippen molar-refractivity contribution in [3.63, 3.8) is 0 Å². The van der Waals surface area contributed by atoms with Crippen LogP contribution in [-0.2, 0) is 32.7 Å². The van der Waals surface area contributed by atoms with Gasteiger partial charge < -0.3 is 47.4 Å². The molecule has 0 spiro atoms. The monoisotopic (exact) mass is 449 g/mol. The summed E-state index contributed by atoms with van der Waals surface area (Å²) in [5.41, 5.74) is 0. The van der Waals surface area contributed by atoms with Crippen LogP contribution in [0.3, 0.4) is 0 Å². The molecule has 75 valence electrons. The van der Waals surface area contributed by atoms with Gasteiger partial charge in [-0.3, -0.25) is 0 Å². The van der Waals surface area contributed by atoms with Crippen molar-refractivity contribution >= 4 is 18.1 Å². The fourth-order valence-electron chi connectivity index (χ4n) is 0. The van der Waals surface area contributed by atoms with Crippen LogP contribution in [0.4, 0.5) is 0 Å². The molecule has 0 saturated heterocycles. The van der Waals surface area contributed by atoms with E-state index < -0.39 is 18.1 Å². The fourth-order valence-corrected chi connectivity index (χ4v) is 0. The molecule has 0 heterocycles. The van der Waals surface area contributed by atoms with Crippen LogP contribution < -0.4 is 28.8 Å². The third-order valence-corrected chi connectivity index (χ3v) is 0. The van der Waals surface area contributed by atoms with Crippen LogP contribution in [-0.4, -0.2) is 27.7 Å². The van der Waals surface area contributed by atoms with Crippen LogP contribution >= 0.6 is 0 Å². The molecule has 0 aromatic heterocycles. The molecule has 12 heavy (non-hydrogen) atoms. The molecular weight excluding hydrogens is 446 g/mol. The zero-order chi connectivity index (χ0) is 9.00. The molecule has 0 fully saturated rings. The molecule has 0 aromatic carbocycles. The smallest absolute Gasteiger partial charge is 0.894 e. The van der Waals surface area contributed by atoms with Gasteiger partial charge in [0.1, 0.15) is 9.05 Å². The van der Waals surface area contributed by atoms with Crippen molar-refractivity contribution < 1.29 is 118 Å². The van der Waals surface area contributed by atoms with Crippen molar-refractivity contribution in [1.29, 1.82) is 0 Å². The molecule has 0 unspecified atom stereocenters. The van der Waals surface area contributed by atoms with Gasteiger partial charge in [-0.1, -0.05) is 0 Å². The van der Waals surface area contributed by atoms with Gasteiger partial charge in [-0.15, -0.1) is 0 Å². The molecule has 0 aliphatic carbocycles. The average molecular weight is 448 g/mol. The van der Waals surface area contributed by atoms with E-state index in [-0.39, 0.29) is 79.6 Å². The largest absolute Gasteiger partial charge is 3.00 e. The Labute approximate surface area is 134 Å². The quantitative estimate of drug-likeness (QED) is 0.343. The van der Waals surface area contributed by atoms with Crippen LogP contribution in [0.25, 0.3) is 0 Å². The first kappa shape index (κ1) is 24.1. The molecule has 0 aliphatic rings. The zero-order valence-corrected chi connectivity index (χ0v) is 11.7. The summed E-state index contributed by atoms with van der Waals surface area (Å²) in [5.74, 6) is 0. The van der Waals surface area contributed by atoms with Crippen molar-refractivity contribution in [2.45, 2.75) is 0 Å². The Hall–Kier alpha value is 2.74. The van der Waals surface area contributed by atoms with Gasteiger partial charge in [-0.25, -0.2) is 0 Å². The Balaban J connectivity index is -0.0000000457. The van der Waals surface area contributed by atoms with Crippen molar-refractivity contribution in [2.75, 3.05) is 0 Å². The molecule has 0 rings (SSSR count). The molecule has 1 radical (unpaired) electrons. The van der Waals surface area contributed by atoms with E-state index in [1.54, 1.807) is 0 Å². The predicted molar refractivity (Wildman–Crippen MR) is 15.9 cm³/mol. The van der Waals surface area contributed by atoms with Gasteiger partial charge in [-0.2, -0.15) is 0 Å². The standard InChI is InChI=1S/H2O4Si.O4Si.Y.Yb/c2*1-5(2,3)4;;/h1-2H;;;/q-2;-4;2*+3. The second-order valence-electron chi connectivity index (χ2n) is 1.05. The molecule has 12 heteroatoms. The Morgan fingerprint density at radius 2 is 0.750 bits per heavy atom. The second-order valence-corrected chi connectivity index (χ2v) is 3.15. The minimum atomic E-state index is -5.61. The summed E-state index contributed by atoms with van der Waals surface area (Å²) in [6.07, 6.45) is 0. The Bertz CT molecular complexity index is 60.0. The van der Waals surface area contributed by atoms with Crippen molar-refractivity contribution in [3.05, 3.63) is 0 Å². The van der Waals surface area contributed by atoms with E-state index in [1.807, 2.05) is 0 Å². The third-order valence-electron chi connectivity index (χ3n) is 0. The van der Waals surface area contributed by atoms with E-state index in [4.69, 9.17) is 38.4 Å². The van der Waals surface area contributed by atoms with Gasteiger partial charge in [-0.05, 0) is 0 Å². The van der Waals surface area contributed by atoms with E-state index in [1.165, 1.54) is 0 Å². The summed E-state index contributed by atoms with van der Waals surface area (Å²) >= 11 is 0. The Morgan fingerprint density at radius 1 is 0.750 bits per heavy atom. The van der Waals surface area contributed by atoms with E-state index in [2.05, 4.69) is 0 Å². The summed E-state index contributed by atoms with van der Waals surface area (Å²) < 4.78 is 0. The summed E-state index contributed by atoms with van der Waals surface area (Å²) in [6.45, 7) is 0. The maximum Gasteiger partial charge on any atom is 3.00 e. The minimum Gasteiger partial charge on any atom is -0.894 e. The van der Waals surface area contributed by atoms with Gasteiger partial charge in [0.2, 0.25) is 0 Å². The number of rotatable bonds is 0. The van der Waals surface area contributed by atoms with Gasteiger partial charge in [0.15, 0.2) is 0 Å². The van der Waals surface area contributed by atoms with Crippen LogP contribution in [0.1, 0.15) is 0 Å². The van der Waals surface area contributed by atoms with Crippen LogP contribution in [0, 0.1) is 46.9 Å². The molecule has 0 saturated carbocycles. The SMILES string of the molecule is [O-][Si]([O-])(O)O.[O-][Si]([O-])([O-])[O-].[Y+3].[Yb+3]. The molecule has 0 atom stereocenters. The minimum absolute atomic E-state index is 0. The maximum atomic E-state index is 8.80. The average Bonchev–Trinajstić information content (AvgIpc) is 1.12. The summed E-state index contributed by atoms with van der Waals surface area (Å²) in [4.78, 5) is 66.1. The molecule has 0 amide bonds. The van der Waals surface area contributed by atoms with Crippen LogP contribution in [0.2, 0.25) is 0 Å². The van der Waals surface area contributed by atoms with Crippen molar-refractivity contribution in [1.82, 2.24) is 0 Å². The number of hydrogen-bond acceptors (Lipinski definition) is 8. The second kappa shape index (κ2) is 10.3. The first-order chi connectivity index (χ1) is 4.00. The molecule has 0 aromatic rings. The van der Waals surface area contributed by atoms with Crippen LogP contribution in [0.15, 0.2) is 0 Å². The van der Waals surface area contributed by atoms with E-state index >= 15 is 0 Å². The van der Waals surface area contributed by atoms with Gasteiger partial charge >= 0.3 is 79.6 Å². The molecular formula is H2O8Si2YYb. The third kappa shape index (κ3) is 234. The van der Waals surface area contributed by atoms with Crippen LogP contribution in [0.5, 0.6) is 0 Å².